The number of rotatable bonds is 3. The molecule has 0 saturated heterocycles. The molecule has 0 amide bonds. The van der Waals surface area contributed by atoms with Gasteiger partial charge in [0.1, 0.15) is 5.02 Å². The second-order valence-corrected chi connectivity index (χ2v) is 5.05. The molecule has 0 N–H and O–H groups in total. The number of thiazole rings is 1. The Morgan fingerprint density at radius 3 is 2.88 bits per heavy atom. The van der Waals surface area contributed by atoms with Crippen LogP contribution in [-0.2, 0) is 13.0 Å². The number of hydrogen-bond acceptors (Lipinski definition) is 4. The van der Waals surface area contributed by atoms with Crippen molar-refractivity contribution in [2.45, 2.75) is 19.9 Å². The predicted octanol–water partition coefficient (Wildman–Crippen LogP) is 2.62. The minimum atomic E-state index is -0.349. The highest BCUT2D eigenvalue weighted by Gasteiger charge is 2.09. The van der Waals surface area contributed by atoms with Gasteiger partial charge in [-0.3, -0.25) is 9.36 Å². The second kappa shape index (κ2) is 5.16. The molecule has 0 atom stereocenters. The summed E-state index contributed by atoms with van der Waals surface area (Å²) < 4.78 is 1.39. The average Bonchev–Trinajstić information content (AvgIpc) is 2.78. The Balaban J connectivity index is 2.30. The average molecular weight is 290 g/mol. The van der Waals surface area contributed by atoms with Crippen molar-refractivity contribution in [1.29, 1.82) is 0 Å². The van der Waals surface area contributed by atoms with Crippen molar-refractivity contribution < 1.29 is 0 Å². The van der Waals surface area contributed by atoms with E-state index in [4.69, 9.17) is 23.2 Å². The van der Waals surface area contributed by atoms with Crippen LogP contribution in [0.4, 0.5) is 0 Å². The minimum Gasteiger partial charge on any atom is -0.292 e. The van der Waals surface area contributed by atoms with Crippen LogP contribution in [-0.4, -0.2) is 14.5 Å². The summed E-state index contributed by atoms with van der Waals surface area (Å²) in [7, 11) is 0. The highest BCUT2D eigenvalue weighted by atomic mass is 35.5. The van der Waals surface area contributed by atoms with E-state index in [1.54, 1.807) is 11.3 Å². The summed E-state index contributed by atoms with van der Waals surface area (Å²) in [5.74, 6) is 0. The molecule has 0 bridgehead atoms. The molecule has 4 nitrogen and oxygen atoms in total. The molecule has 0 aliphatic rings. The smallest absolute Gasteiger partial charge is 0.274 e. The molecule has 2 rings (SSSR count). The lowest BCUT2D eigenvalue weighted by atomic mass is 10.4. The Labute approximate surface area is 112 Å². The lowest BCUT2D eigenvalue weighted by Gasteiger charge is -2.03. The van der Waals surface area contributed by atoms with Gasteiger partial charge in [0, 0.05) is 5.38 Å². The van der Waals surface area contributed by atoms with Gasteiger partial charge in [0.25, 0.3) is 5.56 Å². The molecule has 2 aromatic rings. The van der Waals surface area contributed by atoms with Crippen molar-refractivity contribution in [2.24, 2.45) is 0 Å². The number of aromatic nitrogens is 3. The fourth-order valence-corrected chi connectivity index (χ4v) is 2.33. The SMILES string of the molecule is CCc1nc(Cn2cnc(Cl)c(Cl)c2=O)cs1. The van der Waals surface area contributed by atoms with Crippen LogP contribution >= 0.6 is 34.5 Å². The zero-order chi connectivity index (χ0) is 12.4. The van der Waals surface area contributed by atoms with E-state index in [2.05, 4.69) is 9.97 Å². The largest absolute Gasteiger partial charge is 0.292 e. The van der Waals surface area contributed by atoms with Crippen molar-refractivity contribution in [3.63, 3.8) is 0 Å². The Bertz CT molecular complexity index is 593. The van der Waals surface area contributed by atoms with E-state index >= 15 is 0 Å². The van der Waals surface area contributed by atoms with Gasteiger partial charge in [-0.25, -0.2) is 9.97 Å². The van der Waals surface area contributed by atoms with Gasteiger partial charge in [0.05, 0.1) is 23.6 Å². The van der Waals surface area contributed by atoms with Crippen LogP contribution in [0.25, 0.3) is 0 Å². The van der Waals surface area contributed by atoms with Gasteiger partial charge in [0.2, 0.25) is 0 Å². The van der Waals surface area contributed by atoms with E-state index in [0.717, 1.165) is 17.1 Å². The Morgan fingerprint density at radius 2 is 2.24 bits per heavy atom. The topological polar surface area (TPSA) is 47.8 Å². The van der Waals surface area contributed by atoms with E-state index in [1.807, 2.05) is 12.3 Å². The molecule has 0 unspecified atom stereocenters. The van der Waals surface area contributed by atoms with Gasteiger partial charge < -0.3 is 0 Å². The van der Waals surface area contributed by atoms with Crippen molar-refractivity contribution in [1.82, 2.24) is 14.5 Å². The van der Waals surface area contributed by atoms with Gasteiger partial charge >= 0.3 is 0 Å². The second-order valence-electron chi connectivity index (χ2n) is 3.37. The summed E-state index contributed by atoms with van der Waals surface area (Å²) in [4.78, 5) is 20.0. The number of halogens is 2. The van der Waals surface area contributed by atoms with Crippen LogP contribution in [0, 0.1) is 0 Å². The Morgan fingerprint density at radius 1 is 1.47 bits per heavy atom. The van der Waals surface area contributed by atoms with E-state index in [9.17, 15) is 4.79 Å². The highest BCUT2D eigenvalue weighted by Crippen LogP contribution is 2.14. The zero-order valence-corrected chi connectivity index (χ0v) is 11.3. The number of aryl methyl sites for hydroxylation is 1. The summed E-state index contributed by atoms with van der Waals surface area (Å²) in [6.07, 6.45) is 2.26. The summed E-state index contributed by atoms with van der Waals surface area (Å²) in [5.41, 5.74) is 0.479. The Hall–Kier alpha value is -0.910. The lowest BCUT2D eigenvalue weighted by Crippen LogP contribution is -2.21. The summed E-state index contributed by atoms with van der Waals surface area (Å²) in [6, 6.07) is 0. The first-order valence-corrected chi connectivity index (χ1v) is 6.59. The van der Waals surface area contributed by atoms with Gasteiger partial charge in [-0.05, 0) is 6.42 Å². The quantitative estimate of drug-likeness (QED) is 0.816. The molecular formula is C10H9Cl2N3OS. The molecular weight excluding hydrogens is 281 g/mol. The molecule has 2 aromatic heterocycles. The molecule has 7 heteroatoms. The molecule has 0 aliphatic carbocycles. The molecule has 17 heavy (non-hydrogen) atoms. The van der Waals surface area contributed by atoms with E-state index in [0.29, 0.717) is 6.54 Å². The predicted molar refractivity (Wildman–Crippen MR) is 69.1 cm³/mol. The molecule has 0 aliphatic heterocycles. The zero-order valence-electron chi connectivity index (χ0n) is 8.98. The van der Waals surface area contributed by atoms with Crippen LogP contribution in [0.1, 0.15) is 17.6 Å². The first-order valence-electron chi connectivity index (χ1n) is 4.95. The molecule has 0 spiro atoms. The van der Waals surface area contributed by atoms with E-state index in [1.165, 1.54) is 10.9 Å². The molecule has 0 radical (unpaired) electrons. The third-order valence-corrected chi connectivity index (χ3v) is 3.94. The molecule has 90 valence electrons. The normalized spacial score (nSPS) is 10.8. The number of hydrogen-bond donors (Lipinski definition) is 0. The number of nitrogens with zero attached hydrogens (tertiary/aromatic N) is 3. The summed E-state index contributed by atoms with van der Waals surface area (Å²) in [5, 5.41) is 2.94. The van der Waals surface area contributed by atoms with Gasteiger partial charge in [-0.2, -0.15) is 0 Å². The van der Waals surface area contributed by atoms with Crippen molar-refractivity contribution in [2.75, 3.05) is 0 Å². The third kappa shape index (κ3) is 2.68. The fourth-order valence-electron chi connectivity index (χ4n) is 1.31. The van der Waals surface area contributed by atoms with E-state index in [-0.39, 0.29) is 15.7 Å². The standard InChI is InChI=1S/C10H9Cl2N3OS/c1-2-7-14-6(4-17-7)3-15-5-13-9(12)8(11)10(15)16/h4-5H,2-3H2,1H3. The van der Waals surface area contributed by atoms with Crippen LogP contribution in [0.15, 0.2) is 16.5 Å². The van der Waals surface area contributed by atoms with Crippen molar-refractivity contribution in [3.05, 3.63) is 42.9 Å². The molecule has 0 aromatic carbocycles. The summed E-state index contributed by atoms with van der Waals surface area (Å²) >= 11 is 13.0. The molecule has 0 saturated carbocycles. The van der Waals surface area contributed by atoms with Gasteiger partial charge in [-0.1, -0.05) is 30.1 Å². The highest BCUT2D eigenvalue weighted by molar-refractivity contribution is 7.09. The molecule has 2 heterocycles. The van der Waals surface area contributed by atoms with E-state index < -0.39 is 0 Å². The van der Waals surface area contributed by atoms with Crippen molar-refractivity contribution >= 4 is 34.5 Å². The fraction of sp³-hybridized carbons (Fsp3) is 0.300. The van der Waals surface area contributed by atoms with Crippen LogP contribution in [0.2, 0.25) is 10.2 Å². The maximum Gasteiger partial charge on any atom is 0.274 e. The maximum absolute atomic E-state index is 11.8. The minimum absolute atomic E-state index is 0.0282. The van der Waals surface area contributed by atoms with Crippen LogP contribution in [0.3, 0.4) is 0 Å². The lowest BCUT2D eigenvalue weighted by molar-refractivity contribution is 0.720. The van der Waals surface area contributed by atoms with Crippen LogP contribution < -0.4 is 5.56 Å². The summed E-state index contributed by atoms with van der Waals surface area (Å²) in [6.45, 7) is 2.40. The van der Waals surface area contributed by atoms with Gasteiger partial charge in [-0.15, -0.1) is 11.3 Å². The maximum atomic E-state index is 11.8. The molecule has 0 fully saturated rings. The first kappa shape index (κ1) is 12.5. The van der Waals surface area contributed by atoms with Gasteiger partial charge in [0.15, 0.2) is 5.15 Å². The Kier molecular flexibility index (Phi) is 3.81. The monoisotopic (exact) mass is 289 g/mol. The van der Waals surface area contributed by atoms with Crippen molar-refractivity contribution in [3.8, 4) is 0 Å². The van der Waals surface area contributed by atoms with Crippen LogP contribution in [0.5, 0.6) is 0 Å². The first-order chi connectivity index (χ1) is 8.11. The third-order valence-electron chi connectivity index (χ3n) is 2.17.